The zero-order chi connectivity index (χ0) is 19.4. The van der Waals surface area contributed by atoms with Gasteiger partial charge in [-0.1, -0.05) is 30.7 Å². The van der Waals surface area contributed by atoms with E-state index >= 15 is 0 Å². The predicted molar refractivity (Wildman–Crippen MR) is 109 cm³/mol. The van der Waals surface area contributed by atoms with Crippen LogP contribution in [-0.2, 0) is 10.0 Å². The number of nitrogens with one attached hydrogen (secondary N) is 1. The highest BCUT2D eigenvalue weighted by atomic mass is 35.5. The van der Waals surface area contributed by atoms with Gasteiger partial charge < -0.3 is 10.2 Å². The molecule has 3 rings (SSSR count). The minimum atomic E-state index is -3.71. The highest BCUT2D eigenvalue weighted by Gasteiger charge is 2.32. The number of halogens is 1. The Hall–Kier alpha value is -1.61. The number of hydrogen-bond donors (Lipinski definition) is 1. The number of anilines is 1. The second-order valence-electron chi connectivity index (χ2n) is 6.21. The van der Waals surface area contributed by atoms with E-state index in [0.717, 1.165) is 23.4 Å². The van der Waals surface area contributed by atoms with E-state index in [0.29, 0.717) is 37.7 Å². The number of carbonyl (C=O) groups is 1. The molecule has 1 aromatic heterocycles. The zero-order valence-corrected chi connectivity index (χ0v) is 17.4. The monoisotopic (exact) mass is 427 g/mol. The Morgan fingerprint density at radius 3 is 2.56 bits per heavy atom. The fraction of sp³-hybridized carbons (Fsp3) is 0.389. The fourth-order valence-corrected chi connectivity index (χ4v) is 6.00. The lowest BCUT2D eigenvalue weighted by Crippen LogP contribution is -2.49. The van der Waals surface area contributed by atoms with Crippen molar-refractivity contribution in [1.82, 2.24) is 9.62 Å². The molecule has 0 unspecified atom stereocenters. The summed E-state index contributed by atoms with van der Waals surface area (Å²) in [6.07, 6.45) is 0.795. The molecule has 9 heteroatoms. The molecule has 1 fully saturated rings. The Bertz CT molecular complexity index is 906. The summed E-state index contributed by atoms with van der Waals surface area (Å²) >= 11 is 7.40. The van der Waals surface area contributed by atoms with Gasteiger partial charge in [-0.2, -0.15) is 4.31 Å². The van der Waals surface area contributed by atoms with Crippen LogP contribution in [0.25, 0.3) is 0 Å². The molecule has 0 spiro atoms. The van der Waals surface area contributed by atoms with E-state index in [4.69, 9.17) is 11.6 Å². The number of piperazine rings is 1. The number of para-hydroxylation sites is 1. The Morgan fingerprint density at radius 1 is 1.19 bits per heavy atom. The van der Waals surface area contributed by atoms with Crippen LogP contribution in [-0.4, -0.2) is 51.4 Å². The molecular weight excluding hydrogens is 406 g/mol. The van der Waals surface area contributed by atoms with Gasteiger partial charge in [0.05, 0.1) is 10.7 Å². The van der Waals surface area contributed by atoms with E-state index in [-0.39, 0.29) is 15.7 Å². The molecule has 1 aliphatic rings. The number of sulfonamides is 1. The summed E-state index contributed by atoms with van der Waals surface area (Å²) in [6, 6.07) is 9.06. The second kappa shape index (κ2) is 8.60. The minimum absolute atomic E-state index is 0.0901. The molecule has 0 radical (unpaired) electrons. The summed E-state index contributed by atoms with van der Waals surface area (Å²) < 4.78 is 27.6. The Kier molecular flexibility index (Phi) is 6.41. The first kappa shape index (κ1) is 20.1. The molecule has 1 saturated heterocycles. The predicted octanol–water partition coefficient (Wildman–Crippen LogP) is 3.05. The molecule has 1 aliphatic heterocycles. The lowest BCUT2D eigenvalue weighted by Gasteiger charge is -2.35. The Morgan fingerprint density at radius 2 is 1.89 bits per heavy atom. The molecule has 0 atom stereocenters. The number of amides is 1. The standard InChI is InChI=1S/C18H22ClN3O3S2/c1-2-8-20-18(23)17-16(7-13-26-17)27(24,25)22-11-9-21(10-12-22)15-6-4-3-5-14(15)19/h3-7,13H,2,8-12H2,1H3,(H,20,23). The van der Waals surface area contributed by atoms with Gasteiger partial charge >= 0.3 is 0 Å². The van der Waals surface area contributed by atoms with Gasteiger partial charge in [0.2, 0.25) is 10.0 Å². The summed E-state index contributed by atoms with van der Waals surface area (Å²) in [7, 11) is -3.71. The van der Waals surface area contributed by atoms with Crippen molar-refractivity contribution in [3.05, 3.63) is 45.6 Å². The van der Waals surface area contributed by atoms with Crippen LogP contribution in [0.5, 0.6) is 0 Å². The largest absolute Gasteiger partial charge is 0.368 e. The van der Waals surface area contributed by atoms with E-state index < -0.39 is 10.0 Å². The molecular formula is C18H22ClN3O3S2. The van der Waals surface area contributed by atoms with Crippen molar-refractivity contribution in [2.45, 2.75) is 18.2 Å². The maximum Gasteiger partial charge on any atom is 0.262 e. The molecule has 1 N–H and O–H groups in total. The Balaban J connectivity index is 1.74. The van der Waals surface area contributed by atoms with Crippen LogP contribution in [0.15, 0.2) is 40.6 Å². The third-order valence-corrected chi connectivity index (χ3v) is 7.72. The second-order valence-corrected chi connectivity index (χ2v) is 9.44. The van der Waals surface area contributed by atoms with E-state index in [1.807, 2.05) is 31.2 Å². The molecule has 0 bridgehead atoms. The maximum atomic E-state index is 13.1. The van der Waals surface area contributed by atoms with Gasteiger partial charge in [0.25, 0.3) is 5.91 Å². The normalized spacial score (nSPS) is 15.7. The number of carbonyl (C=O) groups excluding carboxylic acids is 1. The lowest BCUT2D eigenvalue weighted by atomic mass is 10.2. The molecule has 2 heterocycles. The van der Waals surface area contributed by atoms with Crippen molar-refractivity contribution in [3.63, 3.8) is 0 Å². The van der Waals surface area contributed by atoms with E-state index in [1.54, 1.807) is 5.38 Å². The van der Waals surface area contributed by atoms with Crippen LogP contribution in [0.4, 0.5) is 5.69 Å². The van der Waals surface area contributed by atoms with Crippen LogP contribution in [0.1, 0.15) is 23.0 Å². The molecule has 6 nitrogen and oxygen atoms in total. The van der Waals surface area contributed by atoms with Crippen molar-refractivity contribution >= 4 is 44.6 Å². The molecule has 1 amide bonds. The van der Waals surface area contributed by atoms with Crippen molar-refractivity contribution < 1.29 is 13.2 Å². The van der Waals surface area contributed by atoms with Crippen molar-refractivity contribution in [3.8, 4) is 0 Å². The van der Waals surface area contributed by atoms with Crippen LogP contribution < -0.4 is 10.2 Å². The third kappa shape index (κ3) is 4.29. The summed E-state index contributed by atoms with van der Waals surface area (Å²) in [5, 5.41) is 5.05. The first-order chi connectivity index (χ1) is 12.9. The number of rotatable bonds is 6. The summed E-state index contributed by atoms with van der Waals surface area (Å²) in [5.74, 6) is -0.333. The van der Waals surface area contributed by atoms with Crippen molar-refractivity contribution in [2.75, 3.05) is 37.6 Å². The summed E-state index contributed by atoms with van der Waals surface area (Å²) in [6.45, 7) is 4.26. The van der Waals surface area contributed by atoms with Crippen LogP contribution in [0, 0.1) is 0 Å². The number of thiophene rings is 1. The van der Waals surface area contributed by atoms with Crippen molar-refractivity contribution in [1.29, 1.82) is 0 Å². The molecule has 27 heavy (non-hydrogen) atoms. The number of nitrogens with zero attached hydrogens (tertiary/aromatic N) is 2. The quantitative estimate of drug-likeness (QED) is 0.769. The van der Waals surface area contributed by atoms with Gasteiger partial charge in [-0.3, -0.25) is 4.79 Å². The minimum Gasteiger partial charge on any atom is -0.368 e. The lowest BCUT2D eigenvalue weighted by molar-refractivity contribution is 0.0954. The van der Waals surface area contributed by atoms with Crippen LogP contribution >= 0.6 is 22.9 Å². The SMILES string of the molecule is CCCNC(=O)c1sccc1S(=O)(=O)N1CCN(c2ccccc2Cl)CC1. The summed E-state index contributed by atoms with van der Waals surface area (Å²) in [4.78, 5) is 14.7. The number of hydrogen-bond acceptors (Lipinski definition) is 5. The van der Waals surface area contributed by atoms with Crippen LogP contribution in [0.3, 0.4) is 0 Å². The fourth-order valence-electron chi connectivity index (χ4n) is 3.00. The summed E-state index contributed by atoms with van der Waals surface area (Å²) in [5.41, 5.74) is 0.909. The molecule has 2 aromatic rings. The first-order valence-electron chi connectivity index (χ1n) is 8.80. The Labute approximate surface area is 168 Å². The molecule has 0 aliphatic carbocycles. The van der Waals surface area contributed by atoms with Gasteiger partial charge in [-0.05, 0) is 30.0 Å². The van der Waals surface area contributed by atoms with Gasteiger partial charge in [0.15, 0.2) is 0 Å². The van der Waals surface area contributed by atoms with E-state index in [1.165, 1.54) is 10.4 Å². The van der Waals surface area contributed by atoms with Gasteiger partial charge in [-0.25, -0.2) is 8.42 Å². The first-order valence-corrected chi connectivity index (χ1v) is 11.5. The van der Waals surface area contributed by atoms with Crippen molar-refractivity contribution in [2.24, 2.45) is 0 Å². The number of benzene rings is 1. The van der Waals surface area contributed by atoms with E-state index in [9.17, 15) is 13.2 Å². The van der Waals surface area contributed by atoms with Gasteiger partial charge in [0.1, 0.15) is 9.77 Å². The molecule has 146 valence electrons. The maximum absolute atomic E-state index is 13.1. The highest BCUT2D eigenvalue weighted by Crippen LogP contribution is 2.29. The van der Waals surface area contributed by atoms with Gasteiger partial charge in [-0.15, -0.1) is 11.3 Å². The molecule has 1 aromatic carbocycles. The smallest absolute Gasteiger partial charge is 0.262 e. The zero-order valence-electron chi connectivity index (χ0n) is 15.0. The van der Waals surface area contributed by atoms with Gasteiger partial charge in [0, 0.05) is 32.7 Å². The third-order valence-electron chi connectivity index (χ3n) is 4.42. The average Bonchev–Trinajstić information content (AvgIpc) is 3.17. The highest BCUT2D eigenvalue weighted by molar-refractivity contribution is 7.89. The molecule has 0 saturated carbocycles. The van der Waals surface area contributed by atoms with E-state index in [2.05, 4.69) is 10.2 Å². The topological polar surface area (TPSA) is 69.7 Å². The van der Waals surface area contributed by atoms with Crippen LogP contribution in [0.2, 0.25) is 5.02 Å². The average molecular weight is 428 g/mol.